The normalized spacial score (nSPS) is 9.83. The quantitative estimate of drug-likeness (QED) is 0.824. The predicted molar refractivity (Wildman–Crippen MR) is 72.2 cm³/mol. The van der Waals surface area contributed by atoms with Gasteiger partial charge in [-0.15, -0.1) is 0 Å². The van der Waals surface area contributed by atoms with Crippen LogP contribution in [0.5, 0.6) is 0 Å². The number of rotatable bonds is 3. The average Bonchev–Trinajstić information content (AvgIpc) is 2.39. The van der Waals surface area contributed by atoms with Gasteiger partial charge in [0.1, 0.15) is 11.9 Å². The highest BCUT2D eigenvalue weighted by atomic mass is 15.2. The van der Waals surface area contributed by atoms with Crippen LogP contribution in [0.2, 0.25) is 0 Å². The molecule has 0 aliphatic carbocycles. The lowest BCUT2D eigenvalue weighted by Crippen LogP contribution is -2.19. The lowest BCUT2D eigenvalue weighted by Gasteiger charge is -2.20. The summed E-state index contributed by atoms with van der Waals surface area (Å²) in [5.74, 6) is 0.737. The van der Waals surface area contributed by atoms with Gasteiger partial charge in [0, 0.05) is 19.8 Å². The summed E-state index contributed by atoms with van der Waals surface area (Å²) in [6, 6.07) is 14.2. The third-order valence-electron chi connectivity index (χ3n) is 2.88. The molecule has 0 spiro atoms. The van der Waals surface area contributed by atoms with Crippen molar-refractivity contribution in [3.8, 4) is 6.07 Å². The first kappa shape index (κ1) is 12.1. The fourth-order valence-electron chi connectivity index (χ4n) is 1.90. The van der Waals surface area contributed by atoms with Gasteiger partial charge in [0.2, 0.25) is 0 Å². The Hall–Kier alpha value is -2.34. The first-order valence-electron chi connectivity index (χ1n) is 5.83. The second-order valence-electron chi connectivity index (χ2n) is 4.28. The Kier molecular flexibility index (Phi) is 3.59. The van der Waals surface area contributed by atoms with Crippen LogP contribution in [0, 0.1) is 18.3 Å². The maximum Gasteiger partial charge on any atom is 0.146 e. The largest absolute Gasteiger partial charge is 0.354 e. The minimum Gasteiger partial charge on any atom is -0.354 e. The average molecular weight is 237 g/mol. The Labute approximate surface area is 107 Å². The highest BCUT2D eigenvalue weighted by Crippen LogP contribution is 2.20. The van der Waals surface area contributed by atoms with Gasteiger partial charge in [-0.05, 0) is 24.1 Å². The Morgan fingerprint density at radius 1 is 1.22 bits per heavy atom. The van der Waals surface area contributed by atoms with Crippen molar-refractivity contribution >= 4 is 5.82 Å². The van der Waals surface area contributed by atoms with Crippen molar-refractivity contribution < 1.29 is 0 Å². The molecule has 1 aromatic heterocycles. The number of aromatic nitrogens is 1. The predicted octanol–water partition coefficient (Wildman–Crippen LogP) is 2.90. The molecular weight excluding hydrogens is 222 g/mol. The number of hydrogen-bond donors (Lipinski definition) is 0. The summed E-state index contributed by atoms with van der Waals surface area (Å²) < 4.78 is 0. The highest BCUT2D eigenvalue weighted by molar-refractivity contribution is 5.56. The van der Waals surface area contributed by atoms with Crippen molar-refractivity contribution in [3.63, 3.8) is 0 Å². The molecule has 2 aromatic rings. The summed E-state index contributed by atoms with van der Waals surface area (Å²) >= 11 is 0. The summed E-state index contributed by atoms with van der Waals surface area (Å²) in [6.45, 7) is 2.67. The molecule has 3 nitrogen and oxygen atoms in total. The fourth-order valence-corrected chi connectivity index (χ4v) is 1.90. The zero-order valence-corrected chi connectivity index (χ0v) is 10.6. The van der Waals surface area contributed by atoms with Crippen LogP contribution in [0.25, 0.3) is 0 Å². The summed E-state index contributed by atoms with van der Waals surface area (Å²) in [5.41, 5.74) is 2.81. The highest BCUT2D eigenvalue weighted by Gasteiger charge is 2.11. The van der Waals surface area contributed by atoms with Crippen LogP contribution in [-0.2, 0) is 6.54 Å². The zero-order valence-electron chi connectivity index (χ0n) is 10.6. The molecule has 0 aliphatic heterocycles. The third-order valence-corrected chi connectivity index (χ3v) is 2.88. The number of benzene rings is 1. The summed E-state index contributed by atoms with van der Waals surface area (Å²) in [4.78, 5) is 6.31. The van der Waals surface area contributed by atoms with Crippen molar-refractivity contribution in [2.75, 3.05) is 11.9 Å². The van der Waals surface area contributed by atoms with Gasteiger partial charge in [-0.3, -0.25) is 0 Å². The van der Waals surface area contributed by atoms with E-state index in [2.05, 4.69) is 23.2 Å². The van der Waals surface area contributed by atoms with Crippen LogP contribution in [-0.4, -0.2) is 12.0 Å². The van der Waals surface area contributed by atoms with E-state index in [-0.39, 0.29) is 0 Å². The second-order valence-corrected chi connectivity index (χ2v) is 4.28. The Morgan fingerprint density at radius 2 is 1.94 bits per heavy atom. The molecule has 1 aromatic carbocycles. The number of nitriles is 1. The lowest BCUT2D eigenvalue weighted by molar-refractivity contribution is 0.893. The van der Waals surface area contributed by atoms with Gasteiger partial charge in [-0.1, -0.05) is 30.3 Å². The SMILES string of the molecule is Cc1ccnc(N(C)Cc2ccccc2)c1C#N. The van der Waals surface area contributed by atoms with E-state index in [1.54, 1.807) is 6.20 Å². The van der Waals surface area contributed by atoms with Crippen molar-refractivity contribution in [1.29, 1.82) is 5.26 Å². The topological polar surface area (TPSA) is 39.9 Å². The van der Waals surface area contributed by atoms with E-state index in [0.717, 1.165) is 17.9 Å². The van der Waals surface area contributed by atoms with Crippen molar-refractivity contribution in [3.05, 3.63) is 59.3 Å². The molecule has 0 N–H and O–H groups in total. The molecule has 2 rings (SSSR count). The Balaban J connectivity index is 2.27. The molecule has 0 aliphatic rings. The van der Waals surface area contributed by atoms with Gasteiger partial charge in [0.25, 0.3) is 0 Å². The van der Waals surface area contributed by atoms with Crippen molar-refractivity contribution in [2.24, 2.45) is 0 Å². The molecule has 0 bridgehead atoms. The van der Waals surface area contributed by atoms with Gasteiger partial charge < -0.3 is 4.90 Å². The van der Waals surface area contributed by atoms with E-state index < -0.39 is 0 Å². The van der Waals surface area contributed by atoms with Gasteiger partial charge in [-0.25, -0.2) is 4.98 Å². The lowest BCUT2D eigenvalue weighted by atomic mass is 10.1. The van der Waals surface area contributed by atoms with Crippen LogP contribution in [0.3, 0.4) is 0 Å². The maximum atomic E-state index is 9.20. The number of anilines is 1. The van der Waals surface area contributed by atoms with Crippen molar-refractivity contribution in [1.82, 2.24) is 4.98 Å². The van der Waals surface area contributed by atoms with E-state index in [1.165, 1.54) is 5.56 Å². The molecule has 0 amide bonds. The van der Waals surface area contributed by atoms with Gasteiger partial charge in [0.15, 0.2) is 0 Å². The van der Waals surface area contributed by atoms with Gasteiger partial charge in [0.05, 0.1) is 5.56 Å². The molecule has 0 atom stereocenters. The van der Waals surface area contributed by atoms with E-state index in [0.29, 0.717) is 5.56 Å². The van der Waals surface area contributed by atoms with Gasteiger partial charge >= 0.3 is 0 Å². The van der Waals surface area contributed by atoms with Crippen molar-refractivity contribution in [2.45, 2.75) is 13.5 Å². The Bertz CT molecular complexity index is 570. The monoisotopic (exact) mass is 237 g/mol. The molecule has 3 heteroatoms. The maximum absolute atomic E-state index is 9.20. The molecule has 0 saturated carbocycles. The molecule has 0 fully saturated rings. The van der Waals surface area contributed by atoms with E-state index in [9.17, 15) is 5.26 Å². The molecular formula is C15H15N3. The van der Waals surface area contributed by atoms with Crippen LogP contribution in [0.15, 0.2) is 42.6 Å². The minimum atomic E-state index is 0.649. The van der Waals surface area contributed by atoms with Crippen LogP contribution in [0.4, 0.5) is 5.82 Å². The first-order valence-corrected chi connectivity index (χ1v) is 5.83. The molecule has 0 radical (unpaired) electrons. The number of nitrogens with zero attached hydrogens (tertiary/aromatic N) is 3. The summed E-state index contributed by atoms with van der Waals surface area (Å²) in [6.07, 6.45) is 1.74. The number of aryl methyl sites for hydroxylation is 1. The van der Waals surface area contributed by atoms with E-state index in [4.69, 9.17) is 0 Å². The molecule has 1 heterocycles. The Morgan fingerprint density at radius 3 is 2.61 bits per heavy atom. The molecule has 18 heavy (non-hydrogen) atoms. The van der Waals surface area contributed by atoms with E-state index >= 15 is 0 Å². The number of pyridine rings is 1. The van der Waals surface area contributed by atoms with Crippen LogP contribution < -0.4 is 4.90 Å². The second kappa shape index (κ2) is 5.33. The molecule has 0 unspecified atom stereocenters. The smallest absolute Gasteiger partial charge is 0.146 e. The minimum absolute atomic E-state index is 0.649. The van der Waals surface area contributed by atoms with Crippen LogP contribution >= 0.6 is 0 Å². The summed E-state index contributed by atoms with van der Waals surface area (Å²) in [5, 5.41) is 9.20. The third kappa shape index (κ3) is 2.49. The molecule has 90 valence electrons. The first-order chi connectivity index (χ1) is 8.72. The fraction of sp³-hybridized carbons (Fsp3) is 0.200. The standard InChI is InChI=1S/C15H15N3/c1-12-8-9-17-15(14(12)10-16)18(2)11-13-6-4-3-5-7-13/h3-9H,11H2,1-2H3. The van der Waals surface area contributed by atoms with Crippen LogP contribution in [0.1, 0.15) is 16.7 Å². The molecule has 0 saturated heterocycles. The van der Waals surface area contributed by atoms with Gasteiger partial charge in [-0.2, -0.15) is 5.26 Å². The number of hydrogen-bond acceptors (Lipinski definition) is 3. The van der Waals surface area contributed by atoms with E-state index in [1.807, 2.05) is 43.1 Å². The zero-order chi connectivity index (χ0) is 13.0. The summed E-state index contributed by atoms with van der Waals surface area (Å²) in [7, 11) is 1.95.